The van der Waals surface area contributed by atoms with E-state index in [1.807, 2.05) is 49.9 Å². The number of ether oxygens (including phenoxy) is 1. The highest BCUT2D eigenvalue weighted by Gasteiger charge is 2.44. The van der Waals surface area contributed by atoms with Gasteiger partial charge in [0.2, 0.25) is 0 Å². The van der Waals surface area contributed by atoms with E-state index in [2.05, 4.69) is 0 Å². The van der Waals surface area contributed by atoms with Crippen LogP contribution in [-0.2, 0) is 14.3 Å². The number of rotatable bonds is 3. The Labute approximate surface area is 169 Å². The quantitative estimate of drug-likeness (QED) is 0.748. The Morgan fingerprint density at radius 3 is 2.17 bits per heavy atom. The summed E-state index contributed by atoms with van der Waals surface area (Å²) in [5.41, 5.74) is 2.28. The summed E-state index contributed by atoms with van der Waals surface area (Å²) in [4.78, 5) is 29.7. The number of hydrogen-bond acceptors (Lipinski definition) is 4. The fourth-order valence-electron chi connectivity index (χ4n) is 4.00. The molecule has 2 aliphatic heterocycles. The third kappa shape index (κ3) is 3.44. The third-order valence-corrected chi connectivity index (χ3v) is 5.23. The van der Waals surface area contributed by atoms with E-state index in [0.29, 0.717) is 29.9 Å². The molecule has 0 spiro atoms. The number of carbonyl (C=O) groups is 2. The maximum Gasteiger partial charge on any atom is 0.282 e. The van der Waals surface area contributed by atoms with Crippen molar-refractivity contribution in [3.63, 3.8) is 0 Å². The first-order valence-corrected chi connectivity index (χ1v) is 9.72. The number of morpholine rings is 1. The summed E-state index contributed by atoms with van der Waals surface area (Å²) in [6, 6.07) is 13.3. The summed E-state index contributed by atoms with van der Waals surface area (Å²) in [7, 11) is 0. The Hall–Kier alpha value is -2.99. The van der Waals surface area contributed by atoms with Crippen LogP contribution in [0.4, 0.5) is 10.1 Å². The maximum atomic E-state index is 14.5. The van der Waals surface area contributed by atoms with Crippen molar-refractivity contribution >= 4 is 23.1 Å². The van der Waals surface area contributed by atoms with E-state index in [9.17, 15) is 14.0 Å². The largest absolute Gasteiger partial charge is 0.372 e. The minimum absolute atomic E-state index is 0.0310. The van der Waals surface area contributed by atoms with Crippen molar-refractivity contribution in [3.8, 4) is 0 Å². The normalized spacial score (nSPS) is 22.6. The first-order chi connectivity index (χ1) is 13.9. The van der Waals surface area contributed by atoms with Crippen LogP contribution in [0.3, 0.4) is 0 Å². The van der Waals surface area contributed by atoms with Gasteiger partial charge in [-0.25, -0.2) is 9.29 Å². The number of anilines is 1. The first-order valence-electron chi connectivity index (χ1n) is 9.72. The molecule has 2 amide bonds. The van der Waals surface area contributed by atoms with E-state index in [1.165, 1.54) is 18.2 Å². The lowest BCUT2D eigenvalue weighted by molar-refractivity contribution is -0.121. The first kappa shape index (κ1) is 19.3. The number of para-hydroxylation sites is 1. The van der Waals surface area contributed by atoms with Gasteiger partial charge in [0.25, 0.3) is 11.8 Å². The molecule has 150 valence electrons. The molecule has 0 aliphatic carbocycles. The predicted molar refractivity (Wildman–Crippen MR) is 109 cm³/mol. The summed E-state index contributed by atoms with van der Waals surface area (Å²) in [5.74, 6) is -1.62. The van der Waals surface area contributed by atoms with E-state index in [0.717, 1.165) is 10.5 Å². The van der Waals surface area contributed by atoms with Crippen molar-refractivity contribution in [2.24, 2.45) is 0 Å². The molecule has 0 saturated carbocycles. The molecule has 0 N–H and O–H groups in total. The molecular weight excluding hydrogens is 371 g/mol. The second kappa shape index (κ2) is 7.44. The number of nitrogens with zero attached hydrogens (tertiary/aromatic N) is 2. The highest BCUT2D eigenvalue weighted by atomic mass is 19.1. The van der Waals surface area contributed by atoms with Crippen LogP contribution < -0.4 is 4.90 Å². The number of halogens is 1. The number of carbonyl (C=O) groups excluding carboxylic acids is 2. The molecule has 2 heterocycles. The van der Waals surface area contributed by atoms with Crippen LogP contribution in [0, 0.1) is 12.7 Å². The molecule has 2 aromatic rings. The van der Waals surface area contributed by atoms with Gasteiger partial charge in [-0.2, -0.15) is 0 Å². The maximum absolute atomic E-state index is 14.5. The van der Waals surface area contributed by atoms with Gasteiger partial charge in [-0.1, -0.05) is 42.0 Å². The minimum atomic E-state index is -0.609. The van der Waals surface area contributed by atoms with Gasteiger partial charge >= 0.3 is 0 Å². The van der Waals surface area contributed by atoms with E-state index in [1.54, 1.807) is 6.07 Å². The van der Waals surface area contributed by atoms with Crippen molar-refractivity contribution in [1.29, 1.82) is 0 Å². The zero-order valence-corrected chi connectivity index (χ0v) is 16.7. The molecule has 2 atom stereocenters. The van der Waals surface area contributed by atoms with Crippen LogP contribution in [0.1, 0.15) is 25.0 Å². The topological polar surface area (TPSA) is 49.9 Å². The van der Waals surface area contributed by atoms with Crippen LogP contribution in [0.25, 0.3) is 5.57 Å². The average molecular weight is 394 g/mol. The van der Waals surface area contributed by atoms with Crippen LogP contribution in [0.15, 0.2) is 54.2 Å². The summed E-state index contributed by atoms with van der Waals surface area (Å²) >= 11 is 0. The van der Waals surface area contributed by atoms with Gasteiger partial charge in [0.15, 0.2) is 0 Å². The monoisotopic (exact) mass is 394 g/mol. The van der Waals surface area contributed by atoms with Gasteiger partial charge in [0.1, 0.15) is 11.5 Å². The van der Waals surface area contributed by atoms with Crippen molar-refractivity contribution in [3.05, 3.63) is 71.2 Å². The van der Waals surface area contributed by atoms with E-state index in [4.69, 9.17) is 4.74 Å². The molecule has 5 nitrogen and oxygen atoms in total. The SMILES string of the molecule is Cc1ccc(C2=C(N3CC(C)OC(C)C3)C(=O)N(c3ccccc3F)C2=O)cc1. The average Bonchev–Trinajstić information content (AvgIpc) is 2.93. The number of benzene rings is 2. The van der Waals surface area contributed by atoms with Crippen LogP contribution in [0.5, 0.6) is 0 Å². The third-order valence-electron chi connectivity index (χ3n) is 5.23. The van der Waals surface area contributed by atoms with E-state index < -0.39 is 17.6 Å². The molecule has 2 aromatic carbocycles. The van der Waals surface area contributed by atoms with Gasteiger partial charge in [-0.3, -0.25) is 9.59 Å². The number of aryl methyl sites for hydroxylation is 1. The molecule has 6 heteroatoms. The highest BCUT2D eigenvalue weighted by molar-refractivity contribution is 6.45. The molecule has 2 unspecified atom stereocenters. The smallest absolute Gasteiger partial charge is 0.282 e. The number of hydrogen-bond donors (Lipinski definition) is 0. The van der Waals surface area contributed by atoms with E-state index >= 15 is 0 Å². The Morgan fingerprint density at radius 2 is 1.55 bits per heavy atom. The lowest BCUT2D eigenvalue weighted by Crippen LogP contribution is -2.47. The van der Waals surface area contributed by atoms with Crippen molar-refractivity contribution < 1.29 is 18.7 Å². The zero-order chi connectivity index (χ0) is 20.7. The van der Waals surface area contributed by atoms with E-state index in [-0.39, 0.29) is 17.9 Å². The molecule has 0 aromatic heterocycles. The van der Waals surface area contributed by atoms with Gasteiger partial charge in [0.05, 0.1) is 23.5 Å². The van der Waals surface area contributed by atoms with Crippen LogP contribution in [-0.4, -0.2) is 42.0 Å². The summed E-state index contributed by atoms with van der Waals surface area (Å²) in [6.07, 6.45) is -0.174. The summed E-state index contributed by atoms with van der Waals surface area (Å²) < 4.78 is 20.3. The molecule has 29 heavy (non-hydrogen) atoms. The standard InChI is InChI=1S/C23H23FN2O3/c1-14-8-10-17(11-9-14)20-21(25-12-15(2)29-16(3)13-25)23(28)26(22(20)27)19-7-5-4-6-18(19)24/h4-11,15-16H,12-13H2,1-3H3. The molecule has 0 radical (unpaired) electrons. The minimum Gasteiger partial charge on any atom is -0.372 e. The van der Waals surface area contributed by atoms with Crippen LogP contribution >= 0.6 is 0 Å². The van der Waals surface area contributed by atoms with Crippen LogP contribution in [0.2, 0.25) is 0 Å². The Balaban J connectivity index is 1.85. The molecule has 0 bridgehead atoms. The Bertz CT molecular complexity index is 989. The van der Waals surface area contributed by atoms with Crippen molar-refractivity contribution in [2.45, 2.75) is 33.0 Å². The fourth-order valence-corrected chi connectivity index (χ4v) is 4.00. The van der Waals surface area contributed by atoms with Crippen molar-refractivity contribution in [2.75, 3.05) is 18.0 Å². The highest BCUT2D eigenvalue weighted by Crippen LogP contribution is 2.36. The van der Waals surface area contributed by atoms with Gasteiger partial charge in [0, 0.05) is 13.1 Å². The Kier molecular flexibility index (Phi) is 4.96. The molecular formula is C23H23FN2O3. The van der Waals surface area contributed by atoms with Gasteiger partial charge in [-0.05, 0) is 38.5 Å². The molecule has 1 saturated heterocycles. The summed E-state index contributed by atoms with van der Waals surface area (Å²) in [5, 5.41) is 0. The van der Waals surface area contributed by atoms with Crippen molar-refractivity contribution in [1.82, 2.24) is 4.90 Å². The lowest BCUT2D eigenvalue weighted by Gasteiger charge is -2.37. The number of amides is 2. The summed E-state index contributed by atoms with van der Waals surface area (Å²) in [6.45, 7) is 6.80. The molecule has 4 rings (SSSR count). The molecule has 2 aliphatic rings. The van der Waals surface area contributed by atoms with Gasteiger partial charge < -0.3 is 9.64 Å². The molecule has 1 fully saturated rings. The second-order valence-electron chi connectivity index (χ2n) is 7.65. The zero-order valence-electron chi connectivity index (χ0n) is 16.7. The van der Waals surface area contributed by atoms with Gasteiger partial charge in [-0.15, -0.1) is 0 Å². The Morgan fingerprint density at radius 1 is 0.931 bits per heavy atom. The second-order valence-corrected chi connectivity index (χ2v) is 7.65. The fraction of sp³-hybridized carbons (Fsp3) is 0.304. The lowest BCUT2D eigenvalue weighted by atomic mass is 10.0. The number of imide groups is 1. The predicted octanol–water partition coefficient (Wildman–Crippen LogP) is 3.53.